The molecule has 1 amide bonds. The van der Waals surface area contributed by atoms with Crippen molar-refractivity contribution in [1.82, 2.24) is 4.90 Å². The molecule has 2 fully saturated rings. The SMILES string of the molecule is CCC1CC(=O)N2[C@@H]1O[C@H](c1ccccc1)[C@@H]2C. The molecule has 4 atom stereocenters. The Bertz CT molecular complexity index is 445. The minimum Gasteiger partial charge on any atom is -0.348 e. The van der Waals surface area contributed by atoms with E-state index >= 15 is 0 Å². The second-order valence-corrected chi connectivity index (χ2v) is 5.27. The van der Waals surface area contributed by atoms with Crippen molar-refractivity contribution in [3.63, 3.8) is 0 Å². The summed E-state index contributed by atoms with van der Waals surface area (Å²) in [6, 6.07) is 10.3. The molecule has 0 radical (unpaired) electrons. The third-order valence-electron chi connectivity index (χ3n) is 4.22. The predicted octanol–water partition coefficient (Wildman–Crippen LogP) is 2.73. The van der Waals surface area contributed by atoms with Crippen molar-refractivity contribution in [2.24, 2.45) is 5.92 Å². The molecular weight excluding hydrogens is 226 g/mol. The van der Waals surface area contributed by atoms with Gasteiger partial charge in [0.05, 0.1) is 6.04 Å². The largest absolute Gasteiger partial charge is 0.348 e. The van der Waals surface area contributed by atoms with Gasteiger partial charge in [-0.15, -0.1) is 0 Å². The zero-order valence-corrected chi connectivity index (χ0v) is 10.9. The van der Waals surface area contributed by atoms with Crippen LogP contribution >= 0.6 is 0 Å². The molecule has 2 aliphatic heterocycles. The molecule has 18 heavy (non-hydrogen) atoms. The van der Waals surface area contributed by atoms with E-state index in [1.807, 2.05) is 23.1 Å². The Morgan fingerprint density at radius 2 is 2.06 bits per heavy atom. The zero-order chi connectivity index (χ0) is 12.7. The van der Waals surface area contributed by atoms with Crippen LogP contribution in [0.15, 0.2) is 30.3 Å². The number of hydrogen-bond donors (Lipinski definition) is 0. The van der Waals surface area contributed by atoms with Crippen LogP contribution in [0.2, 0.25) is 0 Å². The van der Waals surface area contributed by atoms with E-state index in [-0.39, 0.29) is 24.3 Å². The molecule has 3 nitrogen and oxygen atoms in total. The molecule has 1 unspecified atom stereocenters. The van der Waals surface area contributed by atoms with E-state index in [0.717, 1.165) is 6.42 Å². The van der Waals surface area contributed by atoms with E-state index in [9.17, 15) is 4.79 Å². The molecule has 2 saturated heterocycles. The Hall–Kier alpha value is -1.35. The number of ether oxygens (including phenoxy) is 1. The lowest BCUT2D eigenvalue weighted by Gasteiger charge is -2.21. The van der Waals surface area contributed by atoms with Crippen LogP contribution < -0.4 is 0 Å². The first kappa shape index (κ1) is 11.7. The number of nitrogens with zero attached hydrogens (tertiary/aromatic N) is 1. The number of carbonyl (C=O) groups is 1. The second kappa shape index (κ2) is 4.39. The average Bonchev–Trinajstić information content (AvgIpc) is 2.90. The van der Waals surface area contributed by atoms with Crippen LogP contribution in [0.25, 0.3) is 0 Å². The molecule has 3 rings (SSSR count). The maximum atomic E-state index is 12.1. The monoisotopic (exact) mass is 245 g/mol. The minimum absolute atomic E-state index is 0.0114. The highest BCUT2D eigenvalue weighted by Crippen LogP contribution is 2.43. The first-order valence-electron chi connectivity index (χ1n) is 6.74. The number of hydrogen-bond acceptors (Lipinski definition) is 2. The van der Waals surface area contributed by atoms with Gasteiger partial charge in [-0.2, -0.15) is 0 Å². The van der Waals surface area contributed by atoms with Crippen molar-refractivity contribution >= 4 is 5.91 Å². The Balaban J connectivity index is 1.88. The molecule has 0 N–H and O–H groups in total. The van der Waals surface area contributed by atoms with E-state index < -0.39 is 0 Å². The molecule has 2 heterocycles. The fourth-order valence-corrected chi connectivity index (χ4v) is 3.19. The number of amides is 1. The lowest BCUT2D eigenvalue weighted by molar-refractivity contribution is -0.130. The zero-order valence-electron chi connectivity index (χ0n) is 10.9. The van der Waals surface area contributed by atoms with Crippen LogP contribution in [-0.4, -0.2) is 23.1 Å². The third kappa shape index (κ3) is 1.65. The topological polar surface area (TPSA) is 29.5 Å². The molecule has 0 spiro atoms. The second-order valence-electron chi connectivity index (χ2n) is 5.27. The summed E-state index contributed by atoms with van der Waals surface area (Å²) in [7, 11) is 0. The van der Waals surface area contributed by atoms with Gasteiger partial charge in [0.1, 0.15) is 12.3 Å². The average molecular weight is 245 g/mol. The number of carbonyl (C=O) groups excluding carboxylic acids is 1. The lowest BCUT2D eigenvalue weighted by atomic mass is 10.0. The Labute approximate surface area is 108 Å². The minimum atomic E-state index is -0.0114. The van der Waals surface area contributed by atoms with Crippen molar-refractivity contribution in [2.45, 2.75) is 45.1 Å². The quantitative estimate of drug-likeness (QED) is 0.801. The number of rotatable bonds is 2. The molecule has 3 heteroatoms. The summed E-state index contributed by atoms with van der Waals surface area (Å²) in [5.41, 5.74) is 1.17. The summed E-state index contributed by atoms with van der Waals surface area (Å²) >= 11 is 0. The highest BCUT2D eigenvalue weighted by atomic mass is 16.5. The standard InChI is InChI=1S/C15H19NO2/c1-3-11-9-13(17)16-10(2)14(18-15(11)16)12-7-5-4-6-8-12/h4-8,10-11,14-15H,3,9H2,1-2H3/t10-,11?,14-,15+/m0/s1. The van der Waals surface area contributed by atoms with Crippen molar-refractivity contribution in [3.8, 4) is 0 Å². The van der Waals surface area contributed by atoms with Gasteiger partial charge < -0.3 is 9.64 Å². The number of fused-ring (bicyclic) bond motifs is 1. The van der Waals surface area contributed by atoms with Crippen molar-refractivity contribution < 1.29 is 9.53 Å². The molecule has 0 saturated carbocycles. The van der Waals surface area contributed by atoms with Crippen LogP contribution in [0.1, 0.15) is 38.4 Å². The maximum Gasteiger partial charge on any atom is 0.225 e. The van der Waals surface area contributed by atoms with Crippen LogP contribution in [0.5, 0.6) is 0 Å². The molecule has 0 bridgehead atoms. The summed E-state index contributed by atoms with van der Waals surface area (Å²) in [6.45, 7) is 4.22. The van der Waals surface area contributed by atoms with Gasteiger partial charge in [0, 0.05) is 12.3 Å². The number of benzene rings is 1. The van der Waals surface area contributed by atoms with Gasteiger partial charge in [0.2, 0.25) is 5.91 Å². The Kier molecular flexibility index (Phi) is 2.86. The smallest absolute Gasteiger partial charge is 0.225 e. The summed E-state index contributed by atoms with van der Waals surface area (Å²) in [5.74, 6) is 0.603. The maximum absolute atomic E-state index is 12.1. The summed E-state index contributed by atoms with van der Waals surface area (Å²) in [4.78, 5) is 14.0. The van der Waals surface area contributed by atoms with Gasteiger partial charge >= 0.3 is 0 Å². The normalized spacial score (nSPS) is 35.0. The highest BCUT2D eigenvalue weighted by molar-refractivity contribution is 5.79. The van der Waals surface area contributed by atoms with Crippen LogP contribution in [0.4, 0.5) is 0 Å². The summed E-state index contributed by atoms with van der Waals surface area (Å²) < 4.78 is 6.16. The summed E-state index contributed by atoms with van der Waals surface area (Å²) in [5, 5.41) is 0. The van der Waals surface area contributed by atoms with Gasteiger partial charge in [-0.1, -0.05) is 37.3 Å². The Morgan fingerprint density at radius 1 is 1.33 bits per heavy atom. The summed E-state index contributed by atoms with van der Waals surface area (Å²) in [6.07, 6.45) is 1.66. The molecule has 2 aliphatic rings. The first-order valence-corrected chi connectivity index (χ1v) is 6.74. The molecule has 0 aliphatic carbocycles. The van der Waals surface area contributed by atoms with Gasteiger partial charge in [-0.25, -0.2) is 0 Å². The van der Waals surface area contributed by atoms with Crippen LogP contribution in [-0.2, 0) is 9.53 Å². The first-order chi connectivity index (χ1) is 8.72. The van der Waals surface area contributed by atoms with Crippen LogP contribution in [0.3, 0.4) is 0 Å². The molecule has 1 aromatic rings. The lowest BCUT2D eigenvalue weighted by Crippen LogP contribution is -2.35. The van der Waals surface area contributed by atoms with E-state index in [4.69, 9.17) is 4.74 Å². The van der Waals surface area contributed by atoms with Crippen molar-refractivity contribution in [1.29, 1.82) is 0 Å². The predicted molar refractivity (Wildman–Crippen MR) is 68.8 cm³/mol. The third-order valence-corrected chi connectivity index (χ3v) is 4.22. The van der Waals surface area contributed by atoms with E-state index in [0.29, 0.717) is 12.3 Å². The van der Waals surface area contributed by atoms with E-state index in [2.05, 4.69) is 26.0 Å². The molecule has 0 aromatic heterocycles. The highest BCUT2D eigenvalue weighted by Gasteiger charge is 2.50. The molecule has 1 aromatic carbocycles. The van der Waals surface area contributed by atoms with Gasteiger partial charge in [-0.05, 0) is 18.9 Å². The van der Waals surface area contributed by atoms with Crippen molar-refractivity contribution in [2.75, 3.05) is 0 Å². The van der Waals surface area contributed by atoms with Crippen molar-refractivity contribution in [3.05, 3.63) is 35.9 Å². The molecular formula is C15H19NO2. The molecule has 96 valence electrons. The fraction of sp³-hybridized carbons (Fsp3) is 0.533. The van der Waals surface area contributed by atoms with Gasteiger partial charge in [-0.3, -0.25) is 4.79 Å². The van der Waals surface area contributed by atoms with Crippen LogP contribution in [0, 0.1) is 5.92 Å². The van der Waals surface area contributed by atoms with E-state index in [1.54, 1.807) is 0 Å². The fourth-order valence-electron chi connectivity index (χ4n) is 3.19. The Morgan fingerprint density at radius 3 is 2.72 bits per heavy atom. The van der Waals surface area contributed by atoms with Gasteiger partial charge in [0.15, 0.2) is 0 Å². The van der Waals surface area contributed by atoms with E-state index in [1.165, 1.54) is 5.56 Å². The van der Waals surface area contributed by atoms with Gasteiger partial charge in [0.25, 0.3) is 0 Å².